The number of aromatic nitrogens is 1. The van der Waals surface area contributed by atoms with Gasteiger partial charge in [0.2, 0.25) is 17.7 Å². The first-order valence-electron chi connectivity index (χ1n) is 11.5. The lowest BCUT2D eigenvalue weighted by atomic mass is 10.0. The first kappa shape index (κ1) is 28.2. The molecule has 0 fully saturated rings. The molecule has 1 heterocycles. The molecule has 0 radical (unpaired) electrons. The Hall–Kier alpha value is -3.05. The Morgan fingerprint density at radius 1 is 1.03 bits per heavy atom. The molecule has 0 aliphatic carbocycles. The van der Waals surface area contributed by atoms with Gasteiger partial charge in [-0.3, -0.25) is 14.4 Å². The lowest BCUT2D eigenvalue weighted by Crippen LogP contribution is -2.57. The van der Waals surface area contributed by atoms with E-state index < -0.39 is 47.9 Å². The van der Waals surface area contributed by atoms with Gasteiger partial charge in [-0.1, -0.05) is 32.0 Å². The fraction of sp³-hybridized carbons (Fsp3) is 0.500. The molecule has 1 aromatic heterocycles. The summed E-state index contributed by atoms with van der Waals surface area (Å²) in [7, 11) is 0. The smallest absolute Gasteiger partial charge is 0.326 e. The molecular formula is C24H35N5O5S. The number of amides is 3. The number of carbonyl (C=O) groups is 4. The van der Waals surface area contributed by atoms with Crippen LogP contribution in [-0.4, -0.2) is 70.0 Å². The summed E-state index contributed by atoms with van der Waals surface area (Å²) in [6.45, 7) is 4.87. The van der Waals surface area contributed by atoms with Crippen LogP contribution in [0.2, 0.25) is 0 Å². The Bertz CT molecular complexity index is 1040. The van der Waals surface area contributed by atoms with Gasteiger partial charge in [-0.05, 0) is 42.9 Å². The Kier molecular flexibility index (Phi) is 10.6. The second kappa shape index (κ2) is 13.1. The van der Waals surface area contributed by atoms with Crippen molar-refractivity contribution in [1.29, 1.82) is 0 Å². The molecule has 3 amide bonds. The maximum Gasteiger partial charge on any atom is 0.326 e. The van der Waals surface area contributed by atoms with Crippen LogP contribution in [0.1, 0.15) is 32.8 Å². The van der Waals surface area contributed by atoms with Crippen molar-refractivity contribution in [2.24, 2.45) is 11.7 Å². The van der Waals surface area contributed by atoms with Gasteiger partial charge in [-0.15, -0.1) is 0 Å². The number of fused-ring (bicyclic) bond motifs is 1. The van der Waals surface area contributed by atoms with E-state index in [-0.39, 0.29) is 12.3 Å². The van der Waals surface area contributed by atoms with Crippen molar-refractivity contribution >= 4 is 46.4 Å². The van der Waals surface area contributed by atoms with Gasteiger partial charge in [-0.25, -0.2) is 4.79 Å². The van der Waals surface area contributed by atoms with Crippen LogP contribution in [0.15, 0.2) is 30.5 Å². The molecule has 2 rings (SSSR count). The van der Waals surface area contributed by atoms with Gasteiger partial charge < -0.3 is 31.8 Å². The van der Waals surface area contributed by atoms with E-state index in [1.54, 1.807) is 31.8 Å². The summed E-state index contributed by atoms with van der Waals surface area (Å²) in [5, 5.41) is 18.2. The van der Waals surface area contributed by atoms with E-state index >= 15 is 0 Å². The van der Waals surface area contributed by atoms with Gasteiger partial charge in [0.15, 0.2) is 0 Å². The Balaban J connectivity index is 2.19. The molecule has 0 bridgehead atoms. The highest BCUT2D eigenvalue weighted by molar-refractivity contribution is 7.98. The molecule has 0 saturated heterocycles. The van der Waals surface area contributed by atoms with Crippen LogP contribution in [0.4, 0.5) is 0 Å². The number of carboxylic acid groups (broad SMARTS) is 1. The lowest BCUT2D eigenvalue weighted by molar-refractivity contribution is -0.143. The van der Waals surface area contributed by atoms with Crippen molar-refractivity contribution in [3.05, 3.63) is 36.0 Å². The van der Waals surface area contributed by atoms with Gasteiger partial charge in [0.05, 0.1) is 6.04 Å². The maximum atomic E-state index is 13.1. The van der Waals surface area contributed by atoms with Crippen molar-refractivity contribution in [1.82, 2.24) is 20.9 Å². The van der Waals surface area contributed by atoms with Gasteiger partial charge >= 0.3 is 5.97 Å². The normalized spacial score (nSPS) is 14.7. The van der Waals surface area contributed by atoms with Crippen molar-refractivity contribution in [2.75, 3.05) is 12.0 Å². The van der Waals surface area contributed by atoms with E-state index in [9.17, 15) is 24.3 Å². The summed E-state index contributed by atoms with van der Waals surface area (Å²) in [6, 6.07) is 3.66. The van der Waals surface area contributed by atoms with Crippen molar-refractivity contribution in [3.8, 4) is 0 Å². The third-order valence-electron chi connectivity index (χ3n) is 5.68. The highest BCUT2D eigenvalue weighted by Gasteiger charge is 2.30. The molecule has 4 atom stereocenters. The van der Waals surface area contributed by atoms with Gasteiger partial charge in [0.1, 0.15) is 18.1 Å². The van der Waals surface area contributed by atoms with E-state index in [2.05, 4.69) is 20.9 Å². The second-order valence-corrected chi connectivity index (χ2v) is 9.80. The minimum absolute atomic E-state index is 0.125. The van der Waals surface area contributed by atoms with E-state index in [1.165, 1.54) is 6.92 Å². The van der Waals surface area contributed by atoms with Crippen LogP contribution in [0.3, 0.4) is 0 Å². The van der Waals surface area contributed by atoms with Gasteiger partial charge in [0.25, 0.3) is 0 Å². The number of rotatable bonds is 13. The zero-order valence-electron chi connectivity index (χ0n) is 20.5. The van der Waals surface area contributed by atoms with Crippen LogP contribution < -0.4 is 21.7 Å². The lowest BCUT2D eigenvalue weighted by Gasteiger charge is -2.25. The maximum absolute atomic E-state index is 13.1. The number of benzene rings is 1. The topological polar surface area (TPSA) is 166 Å². The average Bonchev–Trinajstić information content (AvgIpc) is 3.22. The third kappa shape index (κ3) is 8.00. The van der Waals surface area contributed by atoms with E-state index in [4.69, 9.17) is 5.73 Å². The molecule has 0 spiro atoms. The van der Waals surface area contributed by atoms with Gasteiger partial charge in [0, 0.05) is 23.5 Å². The summed E-state index contributed by atoms with van der Waals surface area (Å²) in [4.78, 5) is 53.1. The predicted octanol–water partition coefficient (Wildman–Crippen LogP) is 1.01. The molecule has 0 saturated carbocycles. The zero-order chi connectivity index (χ0) is 26.1. The highest BCUT2D eigenvalue weighted by Crippen LogP contribution is 2.19. The Morgan fingerprint density at radius 3 is 2.34 bits per heavy atom. The SMILES string of the molecule is CSCCC(N)C(=O)NC(C)C(=O)NC(Cc1c[nH]c2ccccc12)C(=O)NC(C(=O)O)C(C)C. The van der Waals surface area contributed by atoms with Crippen LogP contribution in [0, 0.1) is 5.92 Å². The molecule has 35 heavy (non-hydrogen) atoms. The first-order valence-corrected chi connectivity index (χ1v) is 12.9. The number of para-hydroxylation sites is 1. The van der Waals surface area contributed by atoms with E-state index in [0.717, 1.165) is 16.5 Å². The number of carboxylic acids is 1. The molecule has 192 valence electrons. The third-order valence-corrected chi connectivity index (χ3v) is 6.33. The summed E-state index contributed by atoms with van der Waals surface area (Å²) < 4.78 is 0. The average molecular weight is 506 g/mol. The van der Waals surface area contributed by atoms with Crippen LogP contribution in [-0.2, 0) is 25.6 Å². The Labute approximate surface area is 209 Å². The minimum Gasteiger partial charge on any atom is -0.480 e. The van der Waals surface area contributed by atoms with Crippen LogP contribution in [0.5, 0.6) is 0 Å². The van der Waals surface area contributed by atoms with E-state index in [0.29, 0.717) is 12.2 Å². The van der Waals surface area contributed by atoms with Crippen molar-refractivity contribution < 1.29 is 24.3 Å². The fourth-order valence-corrected chi connectivity index (χ4v) is 4.05. The fourth-order valence-electron chi connectivity index (χ4n) is 3.56. The van der Waals surface area contributed by atoms with Gasteiger partial charge in [-0.2, -0.15) is 11.8 Å². The monoisotopic (exact) mass is 505 g/mol. The minimum atomic E-state index is -1.16. The number of aliphatic carboxylic acids is 1. The molecule has 4 unspecified atom stereocenters. The highest BCUT2D eigenvalue weighted by atomic mass is 32.2. The first-order chi connectivity index (χ1) is 16.5. The standard InChI is InChI=1S/C24H35N5O5S/c1-13(2)20(24(33)34)29-23(32)19(11-15-12-26-18-8-6-5-7-16(15)18)28-21(30)14(3)27-22(31)17(25)9-10-35-4/h5-8,12-14,17,19-20,26H,9-11,25H2,1-4H3,(H,27,31)(H,28,30)(H,29,32)(H,33,34). The Morgan fingerprint density at radius 2 is 1.71 bits per heavy atom. The quantitative estimate of drug-likeness (QED) is 0.236. The summed E-state index contributed by atoms with van der Waals surface area (Å²) in [5.74, 6) is -2.47. The number of hydrogen-bond acceptors (Lipinski definition) is 6. The largest absolute Gasteiger partial charge is 0.480 e. The number of nitrogens with one attached hydrogen (secondary N) is 4. The van der Waals surface area contributed by atoms with E-state index in [1.807, 2.05) is 30.5 Å². The molecule has 2 aromatic rings. The number of hydrogen-bond donors (Lipinski definition) is 6. The number of aromatic amines is 1. The summed E-state index contributed by atoms with van der Waals surface area (Å²) in [5.41, 5.74) is 7.53. The molecular weight excluding hydrogens is 470 g/mol. The number of thioether (sulfide) groups is 1. The molecule has 0 aliphatic rings. The molecule has 1 aromatic carbocycles. The number of carbonyl (C=O) groups excluding carboxylic acids is 3. The predicted molar refractivity (Wildman–Crippen MR) is 137 cm³/mol. The second-order valence-electron chi connectivity index (χ2n) is 8.81. The number of nitrogens with two attached hydrogens (primary N) is 1. The molecule has 0 aliphatic heterocycles. The van der Waals surface area contributed by atoms with Crippen molar-refractivity contribution in [2.45, 2.75) is 57.8 Å². The zero-order valence-corrected chi connectivity index (χ0v) is 21.3. The summed E-state index contributed by atoms with van der Waals surface area (Å²) >= 11 is 1.57. The molecule has 11 heteroatoms. The molecule has 7 N–H and O–H groups in total. The summed E-state index contributed by atoms with van der Waals surface area (Å²) in [6.07, 6.45) is 4.26. The molecule has 10 nitrogen and oxygen atoms in total. The van der Waals surface area contributed by atoms with Crippen LogP contribution in [0.25, 0.3) is 10.9 Å². The van der Waals surface area contributed by atoms with Crippen LogP contribution >= 0.6 is 11.8 Å². The number of H-pyrrole nitrogens is 1. The van der Waals surface area contributed by atoms with Crippen molar-refractivity contribution in [3.63, 3.8) is 0 Å².